The second-order valence-corrected chi connectivity index (χ2v) is 5.04. The molecule has 1 aliphatic heterocycles. The molecule has 0 aromatic carbocycles. The van der Waals surface area contributed by atoms with Gasteiger partial charge in [0.2, 0.25) is 0 Å². The summed E-state index contributed by atoms with van der Waals surface area (Å²) < 4.78 is 11.6. The van der Waals surface area contributed by atoms with Gasteiger partial charge in [-0.15, -0.1) is 0 Å². The van der Waals surface area contributed by atoms with Crippen LogP contribution < -0.4 is 0 Å². The predicted molar refractivity (Wildman–Crippen MR) is 59.9 cm³/mol. The third-order valence-corrected chi connectivity index (χ3v) is 4.33. The number of halogens is 1. The molecule has 2 aliphatic rings. The Bertz CT molecular complexity index is 172. The van der Waals surface area contributed by atoms with Gasteiger partial charge in [0, 0.05) is 11.9 Å². The first-order chi connectivity index (χ1) is 6.85. The van der Waals surface area contributed by atoms with Crippen LogP contribution in [-0.2, 0) is 9.47 Å². The van der Waals surface area contributed by atoms with Crippen LogP contribution in [0.3, 0.4) is 0 Å². The molecule has 2 nitrogen and oxygen atoms in total. The van der Waals surface area contributed by atoms with Gasteiger partial charge in [-0.3, -0.25) is 0 Å². The topological polar surface area (TPSA) is 18.5 Å². The summed E-state index contributed by atoms with van der Waals surface area (Å²) in [5.74, 6) is 0. The summed E-state index contributed by atoms with van der Waals surface area (Å²) in [6, 6.07) is 0. The molecule has 0 amide bonds. The van der Waals surface area contributed by atoms with Crippen LogP contribution in [0.1, 0.15) is 38.5 Å². The summed E-state index contributed by atoms with van der Waals surface area (Å²) in [7, 11) is 0. The van der Waals surface area contributed by atoms with Gasteiger partial charge >= 0.3 is 0 Å². The van der Waals surface area contributed by atoms with Crippen molar-refractivity contribution < 1.29 is 9.47 Å². The normalized spacial score (nSPS) is 31.9. The maximum absolute atomic E-state index is 6.22. The van der Waals surface area contributed by atoms with E-state index in [1.165, 1.54) is 32.1 Å². The van der Waals surface area contributed by atoms with E-state index in [4.69, 9.17) is 9.47 Å². The van der Waals surface area contributed by atoms with Crippen LogP contribution in [0.4, 0.5) is 0 Å². The smallest absolute Gasteiger partial charge is 0.0838 e. The summed E-state index contributed by atoms with van der Waals surface area (Å²) >= 11 is 3.61. The molecule has 1 unspecified atom stereocenters. The third-order valence-electron chi connectivity index (χ3n) is 3.31. The molecule has 1 heterocycles. The fourth-order valence-corrected chi connectivity index (χ4v) is 3.13. The average molecular weight is 263 g/mol. The number of alkyl halides is 1. The lowest BCUT2D eigenvalue weighted by Gasteiger charge is -2.37. The molecular weight excluding hydrogens is 244 g/mol. The molecule has 3 heteroatoms. The summed E-state index contributed by atoms with van der Waals surface area (Å²) in [5.41, 5.74) is 0.122. The number of hydrogen-bond acceptors (Lipinski definition) is 2. The summed E-state index contributed by atoms with van der Waals surface area (Å²) in [5, 5.41) is 0.983. The highest BCUT2D eigenvalue weighted by atomic mass is 79.9. The summed E-state index contributed by atoms with van der Waals surface area (Å²) in [4.78, 5) is 0. The fourth-order valence-electron chi connectivity index (χ4n) is 2.44. The largest absolute Gasteiger partial charge is 0.379 e. The average Bonchev–Trinajstić information content (AvgIpc) is 2.72. The van der Waals surface area contributed by atoms with E-state index in [1.807, 2.05) is 0 Å². The maximum Gasteiger partial charge on any atom is 0.0838 e. The van der Waals surface area contributed by atoms with E-state index >= 15 is 0 Å². The quantitative estimate of drug-likeness (QED) is 0.729. The van der Waals surface area contributed by atoms with Crippen molar-refractivity contribution in [1.82, 2.24) is 0 Å². The zero-order chi connectivity index (χ0) is 9.86. The van der Waals surface area contributed by atoms with E-state index in [1.54, 1.807) is 0 Å². The molecule has 0 radical (unpaired) electrons. The van der Waals surface area contributed by atoms with Crippen LogP contribution in [0.25, 0.3) is 0 Å². The third kappa shape index (κ3) is 2.50. The minimum absolute atomic E-state index is 0.122. The molecule has 0 aromatic rings. The number of hydrogen-bond donors (Lipinski definition) is 0. The Labute approximate surface area is 94.5 Å². The van der Waals surface area contributed by atoms with E-state index < -0.39 is 0 Å². The Morgan fingerprint density at radius 1 is 1.29 bits per heavy atom. The molecule has 2 fully saturated rings. The van der Waals surface area contributed by atoms with Gasteiger partial charge in [0.05, 0.1) is 18.3 Å². The van der Waals surface area contributed by atoms with Crippen LogP contribution in [0.15, 0.2) is 0 Å². The predicted octanol–water partition coefficient (Wildman–Crippen LogP) is 2.89. The molecule has 14 heavy (non-hydrogen) atoms. The lowest BCUT2D eigenvalue weighted by Crippen LogP contribution is -2.40. The van der Waals surface area contributed by atoms with Crippen LogP contribution in [0.2, 0.25) is 0 Å². The van der Waals surface area contributed by atoms with E-state index in [-0.39, 0.29) is 5.60 Å². The van der Waals surface area contributed by atoms with Gasteiger partial charge in [-0.05, 0) is 19.3 Å². The summed E-state index contributed by atoms with van der Waals surface area (Å²) in [6.45, 7) is 1.68. The first-order valence-electron chi connectivity index (χ1n) is 5.66. The van der Waals surface area contributed by atoms with Crippen molar-refractivity contribution in [3.63, 3.8) is 0 Å². The number of rotatable bonds is 3. The molecule has 1 saturated heterocycles. The maximum atomic E-state index is 6.22. The van der Waals surface area contributed by atoms with E-state index in [2.05, 4.69) is 15.9 Å². The summed E-state index contributed by atoms with van der Waals surface area (Å²) in [6.07, 6.45) is 7.88. The van der Waals surface area contributed by atoms with Crippen molar-refractivity contribution in [2.45, 2.75) is 50.2 Å². The fraction of sp³-hybridized carbons (Fsp3) is 1.00. The lowest BCUT2D eigenvalue weighted by molar-refractivity contribution is -0.0976. The van der Waals surface area contributed by atoms with Crippen LogP contribution >= 0.6 is 15.9 Å². The molecule has 0 aromatic heterocycles. The zero-order valence-corrected chi connectivity index (χ0v) is 10.2. The molecule has 1 atom stereocenters. The van der Waals surface area contributed by atoms with Crippen LogP contribution in [-0.4, -0.2) is 30.2 Å². The van der Waals surface area contributed by atoms with Gasteiger partial charge in [-0.1, -0.05) is 35.2 Å². The molecule has 82 valence electrons. The van der Waals surface area contributed by atoms with Crippen molar-refractivity contribution in [3.05, 3.63) is 0 Å². The van der Waals surface area contributed by atoms with Gasteiger partial charge in [-0.2, -0.15) is 0 Å². The van der Waals surface area contributed by atoms with Crippen LogP contribution in [0, 0.1) is 0 Å². The second-order valence-electron chi connectivity index (χ2n) is 4.48. The second kappa shape index (κ2) is 4.95. The Balaban J connectivity index is 1.89. The van der Waals surface area contributed by atoms with Crippen molar-refractivity contribution in [3.8, 4) is 0 Å². The first-order valence-corrected chi connectivity index (χ1v) is 6.78. The molecule has 2 rings (SSSR count). The standard InChI is InChI=1S/C11H19BrO2/c12-9-11(5-2-1-3-6-11)14-10-4-7-13-8-10/h10H,1-9H2. The minimum atomic E-state index is 0.122. The highest BCUT2D eigenvalue weighted by molar-refractivity contribution is 9.09. The van der Waals surface area contributed by atoms with E-state index in [9.17, 15) is 0 Å². The molecule has 0 spiro atoms. The van der Waals surface area contributed by atoms with Gasteiger partial charge in [0.15, 0.2) is 0 Å². The molecule has 1 saturated carbocycles. The minimum Gasteiger partial charge on any atom is -0.379 e. The molecular formula is C11H19BrO2. The highest BCUT2D eigenvalue weighted by Gasteiger charge is 2.35. The van der Waals surface area contributed by atoms with Crippen molar-refractivity contribution >= 4 is 15.9 Å². The molecule has 0 N–H and O–H groups in total. The Morgan fingerprint density at radius 3 is 2.64 bits per heavy atom. The molecule has 1 aliphatic carbocycles. The number of ether oxygens (including phenoxy) is 2. The Hall–Kier alpha value is 0.400. The van der Waals surface area contributed by atoms with Gasteiger partial charge in [0.25, 0.3) is 0 Å². The van der Waals surface area contributed by atoms with Crippen LogP contribution in [0.5, 0.6) is 0 Å². The van der Waals surface area contributed by atoms with Crippen molar-refractivity contribution in [2.24, 2.45) is 0 Å². The molecule has 0 bridgehead atoms. The van der Waals surface area contributed by atoms with Gasteiger partial charge in [-0.25, -0.2) is 0 Å². The van der Waals surface area contributed by atoms with Crippen molar-refractivity contribution in [1.29, 1.82) is 0 Å². The van der Waals surface area contributed by atoms with E-state index in [0.717, 1.165) is 25.0 Å². The van der Waals surface area contributed by atoms with Crippen molar-refractivity contribution in [2.75, 3.05) is 18.5 Å². The van der Waals surface area contributed by atoms with Gasteiger partial charge in [0.1, 0.15) is 0 Å². The highest BCUT2D eigenvalue weighted by Crippen LogP contribution is 2.35. The Kier molecular flexibility index (Phi) is 3.86. The first kappa shape index (κ1) is 10.9. The SMILES string of the molecule is BrCC1(OC2CCOC2)CCCCC1. The lowest BCUT2D eigenvalue weighted by atomic mass is 9.86. The Morgan fingerprint density at radius 2 is 2.07 bits per heavy atom. The zero-order valence-electron chi connectivity index (χ0n) is 8.64. The monoisotopic (exact) mass is 262 g/mol. The van der Waals surface area contributed by atoms with E-state index in [0.29, 0.717) is 6.10 Å². The van der Waals surface area contributed by atoms with Gasteiger partial charge < -0.3 is 9.47 Å².